The van der Waals surface area contributed by atoms with Gasteiger partial charge in [0.15, 0.2) is 0 Å². The molecule has 4 nitrogen and oxygen atoms in total. The van der Waals surface area contributed by atoms with Crippen molar-refractivity contribution in [2.24, 2.45) is 0 Å². The number of halogens is 1. The lowest BCUT2D eigenvalue weighted by Crippen LogP contribution is -2.16. The van der Waals surface area contributed by atoms with Gasteiger partial charge >= 0.3 is 5.97 Å². The molecule has 1 unspecified atom stereocenters. The Balaban J connectivity index is 1.98. The minimum Gasteiger partial charge on any atom is -0.490 e. The Morgan fingerprint density at radius 2 is 2.39 bits per heavy atom. The molecule has 18 heavy (non-hydrogen) atoms. The maximum absolute atomic E-state index is 11.3. The zero-order chi connectivity index (χ0) is 13.0. The molecule has 1 aromatic carbocycles. The van der Waals surface area contributed by atoms with Crippen molar-refractivity contribution in [3.05, 3.63) is 28.2 Å². The molecular weight excluding hydrogens is 300 g/mol. The van der Waals surface area contributed by atoms with E-state index in [1.54, 1.807) is 18.2 Å². The second-order valence-electron chi connectivity index (χ2n) is 4.08. The van der Waals surface area contributed by atoms with Crippen LogP contribution in [0.3, 0.4) is 0 Å². The van der Waals surface area contributed by atoms with Crippen molar-refractivity contribution in [2.45, 2.75) is 18.9 Å². The molecule has 0 radical (unpaired) electrons. The Bertz CT molecular complexity index is 427. The second kappa shape index (κ2) is 6.20. The van der Waals surface area contributed by atoms with Gasteiger partial charge in [0.1, 0.15) is 12.4 Å². The molecule has 0 aliphatic carbocycles. The highest BCUT2D eigenvalue weighted by Crippen LogP contribution is 2.27. The summed E-state index contributed by atoms with van der Waals surface area (Å²) in [7, 11) is 1.36. The van der Waals surface area contributed by atoms with E-state index in [0.29, 0.717) is 17.9 Å². The average Bonchev–Trinajstić information content (AvgIpc) is 2.89. The molecule has 2 rings (SSSR count). The van der Waals surface area contributed by atoms with Gasteiger partial charge in [-0.1, -0.05) is 0 Å². The Hall–Kier alpha value is -1.07. The predicted octanol–water partition coefficient (Wildman–Crippen LogP) is 2.79. The number of ether oxygens (including phenoxy) is 3. The number of hydrogen-bond donors (Lipinski definition) is 0. The molecule has 1 aromatic rings. The summed E-state index contributed by atoms with van der Waals surface area (Å²) in [5.41, 5.74) is 0.494. The SMILES string of the molecule is COC(=O)c1ccc(OCC2CCCO2)c(Br)c1. The van der Waals surface area contributed by atoms with Gasteiger partial charge < -0.3 is 14.2 Å². The van der Waals surface area contributed by atoms with Crippen LogP contribution < -0.4 is 4.74 Å². The summed E-state index contributed by atoms with van der Waals surface area (Å²) in [6, 6.07) is 5.13. The van der Waals surface area contributed by atoms with Gasteiger partial charge in [-0.25, -0.2) is 4.79 Å². The van der Waals surface area contributed by atoms with Crippen LogP contribution in [0.25, 0.3) is 0 Å². The second-order valence-corrected chi connectivity index (χ2v) is 4.94. The fraction of sp³-hybridized carbons (Fsp3) is 0.462. The van der Waals surface area contributed by atoms with E-state index in [9.17, 15) is 4.79 Å². The topological polar surface area (TPSA) is 44.8 Å². The first kappa shape index (κ1) is 13.4. The van der Waals surface area contributed by atoms with E-state index < -0.39 is 0 Å². The number of rotatable bonds is 4. The van der Waals surface area contributed by atoms with Gasteiger partial charge in [0, 0.05) is 6.61 Å². The lowest BCUT2D eigenvalue weighted by Gasteiger charge is -2.13. The highest BCUT2D eigenvalue weighted by Gasteiger charge is 2.17. The van der Waals surface area contributed by atoms with Crippen molar-refractivity contribution in [2.75, 3.05) is 20.3 Å². The minimum absolute atomic E-state index is 0.178. The first-order chi connectivity index (χ1) is 8.70. The van der Waals surface area contributed by atoms with Gasteiger partial charge in [0.05, 0.1) is 23.2 Å². The van der Waals surface area contributed by atoms with Crippen LogP contribution >= 0.6 is 15.9 Å². The zero-order valence-corrected chi connectivity index (χ0v) is 11.7. The molecule has 1 saturated heterocycles. The van der Waals surface area contributed by atoms with Gasteiger partial charge in [0.25, 0.3) is 0 Å². The van der Waals surface area contributed by atoms with Gasteiger partial charge in [0.2, 0.25) is 0 Å². The first-order valence-electron chi connectivity index (χ1n) is 5.83. The fourth-order valence-corrected chi connectivity index (χ4v) is 2.31. The summed E-state index contributed by atoms with van der Waals surface area (Å²) in [5, 5.41) is 0. The van der Waals surface area contributed by atoms with Crippen LogP contribution in [0, 0.1) is 0 Å². The molecular formula is C13H15BrO4. The number of carbonyl (C=O) groups excluding carboxylic acids is 1. The standard InChI is InChI=1S/C13H15BrO4/c1-16-13(15)9-4-5-12(11(14)7-9)18-8-10-3-2-6-17-10/h4-5,7,10H,2-3,6,8H2,1H3. The number of benzene rings is 1. The van der Waals surface area contributed by atoms with E-state index in [2.05, 4.69) is 20.7 Å². The summed E-state index contributed by atoms with van der Waals surface area (Å²) in [5.74, 6) is 0.347. The Morgan fingerprint density at radius 3 is 3.00 bits per heavy atom. The Kier molecular flexibility index (Phi) is 4.60. The van der Waals surface area contributed by atoms with Crippen molar-refractivity contribution in [1.29, 1.82) is 0 Å². The van der Waals surface area contributed by atoms with Crippen molar-refractivity contribution in [3.63, 3.8) is 0 Å². The van der Waals surface area contributed by atoms with Crippen LogP contribution in [-0.2, 0) is 9.47 Å². The van der Waals surface area contributed by atoms with E-state index in [4.69, 9.17) is 9.47 Å². The number of esters is 1. The van der Waals surface area contributed by atoms with Crippen molar-refractivity contribution < 1.29 is 19.0 Å². The van der Waals surface area contributed by atoms with E-state index in [1.807, 2.05) is 0 Å². The Labute approximate surface area is 114 Å². The van der Waals surface area contributed by atoms with E-state index in [1.165, 1.54) is 7.11 Å². The average molecular weight is 315 g/mol. The molecule has 0 amide bonds. The molecule has 0 bridgehead atoms. The van der Waals surface area contributed by atoms with Gasteiger partial charge in [-0.2, -0.15) is 0 Å². The number of carbonyl (C=O) groups is 1. The summed E-state index contributed by atoms with van der Waals surface area (Å²) >= 11 is 3.38. The summed E-state index contributed by atoms with van der Waals surface area (Å²) < 4.78 is 16.5. The highest BCUT2D eigenvalue weighted by molar-refractivity contribution is 9.10. The van der Waals surface area contributed by atoms with Crippen molar-refractivity contribution in [3.8, 4) is 5.75 Å². The molecule has 0 N–H and O–H groups in total. The molecule has 0 saturated carbocycles. The molecule has 0 spiro atoms. The third-order valence-corrected chi connectivity index (χ3v) is 3.42. The molecule has 1 heterocycles. The van der Waals surface area contributed by atoms with Crippen LogP contribution in [-0.4, -0.2) is 32.4 Å². The fourth-order valence-electron chi connectivity index (χ4n) is 1.82. The van der Waals surface area contributed by atoms with E-state index >= 15 is 0 Å². The van der Waals surface area contributed by atoms with Gasteiger partial charge in [-0.05, 0) is 47.0 Å². The molecule has 0 aromatic heterocycles. The summed E-state index contributed by atoms with van der Waals surface area (Å²) in [4.78, 5) is 11.3. The zero-order valence-electron chi connectivity index (χ0n) is 10.1. The molecule has 1 aliphatic heterocycles. The quantitative estimate of drug-likeness (QED) is 0.802. The largest absolute Gasteiger partial charge is 0.490 e. The molecule has 1 fully saturated rings. The van der Waals surface area contributed by atoms with Crippen LogP contribution in [0.2, 0.25) is 0 Å². The van der Waals surface area contributed by atoms with Crippen LogP contribution in [0.5, 0.6) is 5.75 Å². The summed E-state index contributed by atoms with van der Waals surface area (Å²) in [6.45, 7) is 1.35. The number of methoxy groups -OCH3 is 1. The third-order valence-electron chi connectivity index (χ3n) is 2.80. The predicted molar refractivity (Wildman–Crippen MR) is 70.0 cm³/mol. The highest BCUT2D eigenvalue weighted by atomic mass is 79.9. The van der Waals surface area contributed by atoms with Gasteiger partial charge in [-0.3, -0.25) is 0 Å². The smallest absolute Gasteiger partial charge is 0.337 e. The van der Waals surface area contributed by atoms with E-state index in [0.717, 1.165) is 23.9 Å². The third kappa shape index (κ3) is 3.23. The lowest BCUT2D eigenvalue weighted by atomic mass is 10.2. The summed E-state index contributed by atoms with van der Waals surface area (Å²) in [6.07, 6.45) is 2.31. The molecule has 1 aliphatic rings. The van der Waals surface area contributed by atoms with Gasteiger partial charge in [-0.15, -0.1) is 0 Å². The number of hydrogen-bond acceptors (Lipinski definition) is 4. The maximum Gasteiger partial charge on any atom is 0.337 e. The van der Waals surface area contributed by atoms with Crippen LogP contribution in [0.1, 0.15) is 23.2 Å². The normalized spacial score (nSPS) is 18.7. The Morgan fingerprint density at radius 1 is 1.56 bits per heavy atom. The van der Waals surface area contributed by atoms with E-state index in [-0.39, 0.29) is 12.1 Å². The lowest BCUT2D eigenvalue weighted by molar-refractivity contribution is 0.0599. The molecule has 1 atom stereocenters. The van der Waals surface area contributed by atoms with Crippen molar-refractivity contribution >= 4 is 21.9 Å². The molecule has 98 valence electrons. The van der Waals surface area contributed by atoms with Crippen LogP contribution in [0.4, 0.5) is 0 Å². The minimum atomic E-state index is -0.360. The van der Waals surface area contributed by atoms with Crippen molar-refractivity contribution in [1.82, 2.24) is 0 Å². The first-order valence-corrected chi connectivity index (χ1v) is 6.62. The maximum atomic E-state index is 11.3. The monoisotopic (exact) mass is 314 g/mol. The molecule has 5 heteroatoms. The van der Waals surface area contributed by atoms with Crippen LogP contribution in [0.15, 0.2) is 22.7 Å².